The van der Waals surface area contributed by atoms with Crippen molar-refractivity contribution < 1.29 is 9.53 Å². The van der Waals surface area contributed by atoms with Crippen LogP contribution in [0, 0.1) is 5.41 Å². The minimum Gasteiger partial charge on any atom is -0.480 e. The number of H-pyrrole nitrogens is 1. The molecule has 0 saturated heterocycles. The number of hydrogen-bond acceptors (Lipinski definition) is 4. The van der Waals surface area contributed by atoms with Gasteiger partial charge in [0.15, 0.2) is 10.8 Å². The van der Waals surface area contributed by atoms with Gasteiger partial charge in [0.05, 0.1) is 22.2 Å². The molecule has 2 aliphatic rings. The molecule has 1 N–H and O–H groups in total. The quantitative estimate of drug-likeness (QED) is 0.894. The zero-order valence-corrected chi connectivity index (χ0v) is 14.5. The molecule has 0 spiro atoms. The lowest BCUT2D eigenvalue weighted by Gasteiger charge is -2.29. The fraction of sp³-hybridized carbons (Fsp3) is 0.556. The van der Waals surface area contributed by atoms with Crippen LogP contribution in [0.5, 0.6) is 5.06 Å². The number of Topliss-reactive ketones (excluding diaryl/α,β-unsaturated/α-hetero) is 1. The number of aromatic amines is 1. The van der Waals surface area contributed by atoms with E-state index in [4.69, 9.17) is 4.74 Å². The van der Waals surface area contributed by atoms with Gasteiger partial charge < -0.3 is 4.74 Å². The highest BCUT2D eigenvalue weighted by atomic mass is 32.1. The lowest BCUT2D eigenvalue weighted by atomic mass is 9.74. The Balaban J connectivity index is 1.80. The monoisotopic (exact) mass is 330 g/mol. The minimum atomic E-state index is 0.00452. The lowest BCUT2D eigenvalue weighted by Crippen LogP contribution is -2.27. The van der Waals surface area contributed by atoms with Crippen molar-refractivity contribution in [1.29, 1.82) is 0 Å². The standard InChI is InChI=1S/C18H22N2O2S/c1-18(2)9-12-15(14(21)10-18)17(22-11-5-3-4-6-11)23-16(12)13-7-8-19-20-13/h7-8,11H,3-6,9-10H2,1-2H3,(H,19,20). The largest absolute Gasteiger partial charge is 0.480 e. The summed E-state index contributed by atoms with van der Waals surface area (Å²) in [6.07, 6.45) is 8.20. The number of fused-ring (bicyclic) bond motifs is 1. The molecular weight excluding hydrogens is 308 g/mol. The third-order valence-electron chi connectivity index (χ3n) is 4.87. The molecule has 1 saturated carbocycles. The van der Waals surface area contributed by atoms with Gasteiger partial charge in [-0.3, -0.25) is 9.89 Å². The molecular formula is C18H22N2O2S. The van der Waals surface area contributed by atoms with E-state index in [1.54, 1.807) is 17.5 Å². The second-order valence-corrected chi connectivity index (χ2v) is 8.49. The maximum Gasteiger partial charge on any atom is 0.185 e. The van der Waals surface area contributed by atoms with E-state index in [1.807, 2.05) is 6.07 Å². The van der Waals surface area contributed by atoms with E-state index in [-0.39, 0.29) is 17.3 Å². The lowest BCUT2D eigenvalue weighted by molar-refractivity contribution is 0.0906. The Hall–Kier alpha value is -1.62. The number of nitrogens with one attached hydrogen (secondary N) is 1. The first-order valence-corrected chi connectivity index (χ1v) is 9.20. The van der Waals surface area contributed by atoms with Crippen molar-refractivity contribution in [2.75, 3.05) is 0 Å². The van der Waals surface area contributed by atoms with Crippen molar-refractivity contribution in [3.05, 3.63) is 23.4 Å². The number of thiophene rings is 1. The molecule has 122 valence electrons. The number of hydrogen-bond donors (Lipinski definition) is 1. The van der Waals surface area contributed by atoms with Gasteiger partial charge in [-0.15, -0.1) is 0 Å². The van der Waals surface area contributed by atoms with Crippen LogP contribution in [0.4, 0.5) is 0 Å². The summed E-state index contributed by atoms with van der Waals surface area (Å²) >= 11 is 1.61. The van der Waals surface area contributed by atoms with Crippen molar-refractivity contribution in [2.24, 2.45) is 5.41 Å². The average Bonchev–Trinajstić information content (AvgIpc) is 3.18. The van der Waals surface area contributed by atoms with Gasteiger partial charge in [-0.2, -0.15) is 5.10 Å². The van der Waals surface area contributed by atoms with Gasteiger partial charge in [0, 0.05) is 12.6 Å². The number of carbonyl (C=O) groups is 1. The molecule has 1 fully saturated rings. The summed E-state index contributed by atoms with van der Waals surface area (Å²) in [4.78, 5) is 13.9. The van der Waals surface area contributed by atoms with E-state index in [1.165, 1.54) is 12.8 Å². The van der Waals surface area contributed by atoms with Crippen LogP contribution in [-0.2, 0) is 6.42 Å². The Labute approximate surface area is 140 Å². The van der Waals surface area contributed by atoms with Gasteiger partial charge in [-0.25, -0.2) is 0 Å². The smallest absolute Gasteiger partial charge is 0.185 e. The van der Waals surface area contributed by atoms with Crippen molar-refractivity contribution in [2.45, 2.75) is 58.5 Å². The fourth-order valence-electron chi connectivity index (χ4n) is 3.80. The van der Waals surface area contributed by atoms with Gasteiger partial charge in [0.25, 0.3) is 0 Å². The maximum absolute atomic E-state index is 12.8. The molecule has 23 heavy (non-hydrogen) atoms. The molecule has 0 bridgehead atoms. The predicted octanol–water partition coefficient (Wildman–Crippen LogP) is 4.61. The molecule has 2 aliphatic carbocycles. The summed E-state index contributed by atoms with van der Waals surface area (Å²) in [6.45, 7) is 4.33. The van der Waals surface area contributed by atoms with E-state index in [9.17, 15) is 4.79 Å². The zero-order chi connectivity index (χ0) is 16.0. The number of nitrogens with zero attached hydrogens (tertiary/aromatic N) is 1. The summed E-state index contributed by atoms with van der Waals surface area (Å²) in [7, 11) is 0. The Morgan fingerprint density at radius 2 is 2.09 bits per heavy atom. The number of rotatable bonds is 3. The molecule has 0 aromatic carbocycles. The van der Waals surface area contributed by atoms with Crippen molar-refractivity contribution in [1.82, 2.24) is 10.2 Å². The normalized spacial score (nSPS) is 20.7. The van der Waals surface area contributed by atoms with Crippen molar-refractivity contribution >= 4 is 17.1 Å². The molecule has 4 nitrogen and oxygen atoms in total. The fourth-order valence-corrected chi connectivity index (χ4v) is 5.03. The summed E-state index contributed by atoms with van der Waals surface area (Å²) in [5, 5.41) is 7.95. The van der Waals surface area contributed by atoms with E-state index < -0.39 is 0 Å². The van der Waals surface area contributed by atoms with E-state index in [2.05, 4.69) is 24.0 Å². The number of carbonyl (C=O) groups excluding carboxylic acids is 1. The molecule has 0 unspecified atom stereocenters. The summed E-state index contributed by atoms with van der Waals surface area (Å²) < 4.78 is 6.25. The van der Waals surface area contributed by atoms with Crippen LogP contribution in [0.1, 0.15) is 61.9 Å². The molecule has 2 aromatic rings. The zero-order valence-electron chi connectivity index (χ0n) is 13.6. The summed E-state index contributed by atoms with van der Waals surface area (Å²) in [6, 6.07) is 1.97. The molecule has 0 aliphatic heterocycles. The van der Waals surface area contributed by atoms with Gasteiger partial charge >= 0.3 is 0 Å². The number of ether oxygens (including phenoxy) is 1. The number of ketones is 1. The summed E-state index contributed by atoms with van der Waals surface area (Å²) in [5.74, 6) is 0.228. The van der Waals surface area contributed by atoms with Gasteiger partial charge in [0.1, 0.15) is 0 Å². The molecule has 5 heteroatoms. The Bertz CT molecular complexity index is 725. The van der Waals surface area contributed by atoms with Crippen molar-refractivity contribution in [3.63, 3.8) is 0 Å². The molecule has 0 amide bonds. The Morgan fingerprint density at radius 3 is 2.78 bits per heavy atom. The number of aromatic nitrogens is 2. The molecule has 4 rings (SSSR count). The maximum atomic E-state index is 12.8. The third kappa shape index (κ3) is 2.71. The first kappa shape index (κ1) is 14.9. The SMILES string of the molecule is CC1(C)CC(=O)c2c(OC3CCCC3)sc(-c3ccn[nH]3)c2C1. The molecule has 2 heterocycles. The molecule has 0 atom stereocenters. The van der Waals surface area contributed by atoms with Crippen molar-refractivity contribution in [3.8, 4) is 15.6 Å². The van der Waals surface area contributed by atoms with Gasteiger partial charge in [-0.05, 0) is 49.1 Å². The summed E-state index contributed by atoms with van der Waals surface area (Å²) in [5.41, 5.74) is 2.97. The van der Waals surface area contributed by atoms with Crippen LogP contribution >= 0.6 is 11.3 Å². The average molecular weight is 330 g/mol. The van der Waals surface area contributed by atoms with E-state index in [0.29, 0.717) is 6.42 Å². The first-order chi connectivity index (χ1) is 11.0. The second-order valence-electron chi connectivity index (χ2n) is 7.51. The first-order valence-electron chi connectivity index (χ1n) is 8.39. The van der Waals surface area contributed by atoms with Gasteiger partial charge in [-0.1, -0.05) is 25.2 Å². The topological polar surface area (TPSA) is 55.0 Å². The minimum absolute atomic E-state index is 0.00452. The molecule has 0 radical (unpaired) electrons. The highest BCUT2D eigenvalue weighted by Gasteiger charge is 2.37. The van der Waals surface area contributed by atoms with Crippen LogP contribution in [0.15, 0.2) is 12.3 Å². The van der Waals surface area contributed by atoms with E-state index >= 15 is 0 Å². The van der Waals surface area contributed by atoms with Crippen LogP contribution in [0.3, 0.4) is 0 Å². The Morgan fingerprint density at radius 1 is 1.30 bits per heavy atom. The Kier molecular flexibility index (Phi) is 3.56. The van der Waals surface area contributed by atoms with Gasteiger partial charge in [0.2, 0.25) is 0 Å². The predicted molar refractivity (Wildman–Crippen MR) is 91.2 cm³/mol. The van der Waals surface area contributed by atoms with Crippen LogP contribution < -0.4 is 4.74 Å². The van der Waals surface area contributed by atoms with Crippen LogP contribution in [0.25, 0.3) is 10.6 Å². The third-order valence-corrected chi connectivity index (χ3v) is 6.03. The van der Waals surface area contributed by atoms with E-state index in [0.717, 1.165) is 46.0 Å². The highest BCUT2D eigenvalue weighted by molar-refractivity contribution is 7.18. The van der Waals surface area contributed by atoms with Crippen LogP contribution in [0.2, 0.25) is 0 Å². The highest BCUT2D eigenvalue weighted by Crippen LogP contribution is 2.49. The van der Waals surface area contributed by atoms with Crippen LogP contribution in [-0.4, -0.2) is 22.1 Å². The molecule has 2 aromatic heterocycles. The second kappa shape index (κ2) is 5.48.